The van der Waals surface area contributed by atoms with Crippen LogP contribution < -0.4 is 5.32 Å². The zero-order valence-electron chi connectivity index (χ0n) is 12.1. The van der Waals surface area contributed by atoms with Crippen LogP contribution in [0.4, 0.5) is 0 Å². The van der Waals surface area contributed by atoms with Crippen LogP contribution in [0.25, 0.3) is 0 Å². The fraction of sp³-hybridized carbons (Fsp3) is 0.647. The number of ether oxygens (including phenoxy) is 1. The molecule has 3 rings (SSSR count). The van der Waals surface area contributed by atoms with Crippen LogP contribution in [-0.4, -0.2) is 18.7 Å². The Morgan fingerprint density at radius 3 is 2.68 bits per heavy atom. The molecule has 3 atom stereocenters. The second kappa shape index (κ2) is 4.92. The fourth-order valence-electron chi connectivity index (χ4n) is 3.68. The van der Waals surface area contributed by atoms with Gasteiger partial charge in [-0.25, -0.2) is 0 Å². The molecule has 1 aromatic carbocycles. The molecule has 1 saturated carbocycles. The second-order valence-corrected chi connectivity index (χ2v) is 6.72. The zero-order chi connectivity index (χ0) is 13.3. The molecular formula is C17H25NO. The Balaban J connectivity index is 1.72. The van der Waals surface area contributed by atoms with E-state index in [1.807, 2.05) is 0 Å². The normalized spacial score (nSPS) is 39.4. The molecule has 0 bridgehead atoms. The number of rotatable bonds is 1. The summed E-state index contributed by atoms with van der Waals surface area (Å²) in [6.45, 7) is 6.34. The van der Waals surface area contributed by atoms with Gasteiger partial charge in [-0.15, -0.1) is 0 Å². The number of morpholine rings is 1. The smallest absolute Gasteiger partial charge is 0.103 e. The molecule has 104 valence electrons. The molecule has 1 aromatic rings. The first-order valence-electron chi connectivity index (χ1n) is 7.57. The van der Waals surface area contributed by atoms with E-state index in [1.54, 1.807) is 0 Å². The summed E-state index contributed by atoms with van der Waals surface area (Å²) in [5.74, 6) is 0.825. The molecule has 1 aliphatic carbocycles. The number of nitrogens with one attached hydrogen (secondary N) is 1. The first kappa shape index (κ1) is 13.1. The van der Waals surface area contributed by atoms with Crippen molar-refractivity contribution in [3.8, 4) is 0 Å². The molecule has 2 nitrogen and oxygen atoms in total. The highest BCUT2D eigenvalue weighted by molar-refractivity contribution is 5.23. The summed E-state index contributed by atoms with van der Waals surface area (Å²) >= 11 is 0. The largest absolute Gasteiger partial charge is 0.367 e. The first-order chi connectivity index (χ1) is 9.12. The van der Waals surface area contributed by atoms with E-state index in [1.165, 1.54) is 31.2 Å². The molecule has 1 spiro atoms. The predicted molar refractivity (Wildman–Crippen MR) is 78.1 cm³/mol. The summed E-state index contributed by atoms with van der Waals surface area (Å²) in [7, 11) is 0. The molecule has 1 saturated heterocycles. The van der Waals surface area contributed by atoms with Crippen LogP contribution in [-0.2, 0) is 10.3 Å². The van der Waals surface area contributed by atoms with Crippen LogP contribution >= 0.6 is 0 Å². The van der Waals surface area contributed by atoms with E-state index in [9.17, 15) is 0 Å². The minimum Gasteiger partial charge on any atom is -0.367 e. The monoisotopic (exact) mass is 259 g/mol. The average Bonchev–Trinajstić information content (AvgIpc) is 2.44. The Morgan fingerprint density at radius 2 is 2.05 bits per heavy atom. The van der Waals surface area contributed by atoms with E-state index < -0.39 is 0 Å². The van der Waals surface area contributed by atoms with Gasteiger partial charge >= 0.3 is 0 Å². The maximum Gasteiger partial charge on any atom is 0.103 e. The molecule has 1 aliphatic heterocycles. The van der Waals surface area contributed by atoms with Gasteiger partial charge in [0, 0.05) is 12.1 Å². The van der Waals surface area contributed by atoms with Crippen LogP contribution in [0, 0.1) is 5.92 Å². The van der Waals surface area contributed by atoms with Gasteiger partial charge in [-0.05, 0) is 31.2 Å². The Morgan fingerprint density at radius 1 is 1.26 bits per heavy atom. The lowest BCUT2D eigenvalue weighted by Gasteiger charge is -2.49. The van der Waals surface area contributed by atoms with Crippen molar-refractivity contribution in [3.63, 3.8) is 0 Å². The molecule has 0 radical (unpaired) electrons. The Bertz CT molecular complexity index is 420. The Labute approximate surface area is 116 Å². The number of hydrogen-bond acceptors (Lipinski definition) is 2. The van der Waals surface area contributed by atoms with Crippen molar-refractivity contribution in [2.75, 3.05) is 13.2 Å². The van der Waals surface area contributed by atoms with E-state index in [2.05, 4.69) is 49.5 Å². The van der Waals surface area contributed by atoms with Crippen molar-refractivity contribution in [1.82, 2.24) is 5.32 Å². The van der Waals surface area contributed by atoms with E-state index in [4.69, 9.17) is 4.74 Å². The maximum atomic E-state index is 6.33. The minimum absolute atomic E-state index is 0.173. The molecule has 1 N–H and O–H groups in total. The Hall–Kier alpha value is -0.860. The van der Waals surface area contributed by atoms with Crippen molar-refractivity contribution in [1.29, 1.82) is 0 Å². The van der Waals surface area contributed by atoms with Crippen molar-refractivity contribution in [2.45, 2.75) is 50.7 Å². The van der Waals surface area contributed by atoms with Gasteiger partial charge < -0.3 is 10.1 Å². The average molecular weight is 259 g/mol. The van der Waals surface area contributed by atoms with Crippen molar-refractivity contribution >= 4 is 0 Å². The summed E-state index contributed by atoms with van der Waals surface area (Å²) in [5, 5.41) is 3.83. The Kier molecular flexibility index (Phi) is 3.40. The minimum atomic E-state index is -0.173. The standard InChI is InChI=1S/C17H25NO/c1-14-7-6-10-17(11-14)13-19-16(2,12-18-17)15-8-4-3-5-9-15/h3-5,8-9,14,18H,6-7,10-13H2,1-2H3. The van der Waals surface area contributed by atoms with Crippen molar-refractivity contribution in [3.05, 3.63) is 35.9 Å². The fourth-order valence-corrected chi connectivity index (χ4v) is 3.68. The van der Waals surface area contributed by atoms with Gasteiger partial charge in [0.05, 0.1) is 6.61 Å². The molecule has 0 aromatic heterocycles. The third-order valence-electron chi connectivity index (χ3n) is 4.94. The molecule has 2 heteroatoms. The van der Waals surface area contributed by atoms with Gasteiger partial charge in [-0.3, -0.25) is 0 Å². The van der Waals surface area contributed by atoms with Crippen LogP contribution in [0.2, 0.25) is 0 Å². The van der Waals surface area contributed by atoms with Gasteiger partial charge in [-0.1, -0.05) is 50.1 Å². The molecule has 2 aliphatic rings. The van der Waals surface area contributed by atoms with Gasteiger partial charge in [0.2, 0.25) is 0 Å². The summed E-state index contributed by atoms with van der Waals surface area (Å²) < 4.78 is 6.33. The highest BCUT2D eigenvalue weighted by Crippen LogP contribution is 2.38. The lowest BCUT2D eigenvalue weighted by Crippen LogP contribution is -2.61. The third kappa shape index (κ3) is 2.56. The lowest BCUT2D eigenvalue weighted by molar-refractivity contribution is -0.115. The topological polar surface area (TPSA) is 21.3 Å². The maximum absolute atomic E-state index is 6.33. The molecule has 1 heterocycles. The highest BCUT2D eigenvalue weighted by Gasteiger charge is 2.43. The summed E-state index contributed by atoms with van der Waals surface area (Å²) in [6.07, 6.45) is 5.24. The molecule has 2 fully saturated rings. The first-order valence-corrected chi connectivity index (χ1v) is 7.57. The predicted octanol–water partition coefficient (Wildman–Crippen LogP) is 3.47. The van der Waals surface area contributed by atoms with E-state index >= 15 is 0 Å². The number of benzene rings is 1. The van der Waals surface area contributed by atoms with Crippen LogP contribution in [0.1, 0.15) is 45.1 Å². The van der Waals surface area contributed by atoms with E-state index in [0.29, 0.717) is 0 Å². The van der Waals surface area contributed by atoms with Gasteiger partial charge in [0.25, 0.3) is 0 Å². The molecule has 0 amide bonds. The van der Waals surface area contributed by atoms with Gasteiger partial charge in [0.15, 0.2) is 0 Å². The zero-order valence-corrected chi connectivity index (χ0v) is 12.1. The van der Waals surface area contributed by atoms with E-state index in [-0.39, 0.29) is 11.1 Å². The van der Waals surface area contributed by atoms with Crippen LogP contribution in [0.15, 0.2) is 30.3 Å². The van der Waals surface area contributed by atoms with Crippen molar-refractivity contribution in [2.24, 2.45) is 5.92 Å². The van der Waals surface area contributed by atoms with Gasteiger partial charge in [0.1, 0.15) is 5.60 Å². The molecular weight excluding hydrogens is 234 g/mol. The lowest BCUT2D eigenvalue weighted by atomic mass is 9.75. The second-order valence-electron chi connectivity index (χ2n) is 6.72. The van der Waals surface area contributed by atoms with E-state index in [0.717, 1.165) is 19.1 Å². The van der Waals surface area contributed by atoms with Crippen LogP contribution in [0.5, 0.6) is 0 Å². The van der Waals surface area contributed by atoms with Crippen molar-refractivity contribution < 1.29 is 4.74 Å². The highest BCUT2D eigenvalue weighted by atomic mass is 16.5. The van der Waals surface area contributed by atoms with Gasteiger partial charge in [-0.2, -0.15) is 0 Å². The molecule has 19 heavy (non-hydrogen) atoms. The summed E-state index contributed by atoms with van der Waals surface area (Å²) in [5.41, 5.74) is 1.35. The SMILES string of the molecule is CC1CCCC2(COC(C)(c3ccccc3)CN2)C1. The quantitative estimate of drug-likeness (QED) is 0.834. The summed E-state index contributed by atoms with van der Waals surface area (Å²) in [6, 6.07) is 10.6. The third-order valence-corrected chi connectivity index (χ3v) is 4.94. The number of hydrogen-bond donors (Lipinski definition) is 1. The molecule has 3 unspecified atom stereocenters. The van der Waals surface area contributed by atoms with Crippen LogP contribution in [0.3, 0.4) is 0 Å². The summed E-state index contributed by atoms with van der Waals surface area (Å²) in [4.78, 5) is 0.